The predicted octanol–water partition coefficient (Wildman–Crippen LogP) is 3.28. The van der Waals surface area contributed by atoms with E-state index in [1.165, 1.54) is 12.1 Å². The molecule has 5 nitrogen and oxygen atoms in total. The molecule has 0 heterocycles. The summed E-state index contributed by atoms with van der Waals surface area (Å²) in [5, 5.41) is 2.81. The van der Waals surface area contributed by atoms with E-state index in [9.17, 15) is 9.18 Å². The van der Waals surface area contributed by atoms with Crippen molar-refractivity contribution in [3.63, 3.8) is 0 Å². The van der Waals surface area contributed by atoms with E-state index >= 15 is 0 Å². The summed E-state index contributed by atoms with van der Waals surface area (Å²) in [5.74, 6) is 0.268. The second-order valence-electron chi connectivity index (χ2n) is 7.03. The van der Waals surface area contributed by atoms with Gasteiger partial charge >= 0.3 is 6.09 Å². The van der Waals surface area contributed by atoms with Gasteiger partial charge in [-0.2, -0.15) is 0 Å². The number of rotatable bonds is 4. The highest BCUT2D eigenvalue weighted by Gasteiger charge is 2.33. The van der Waals surface area contributed by atoms with Gasteiger partial charge in [0.2, 0.25) is 0 Å². The monoisotopic (exact) mass is 324 g/mol. The Bertz CT molecular complexity index is 563. The number of carbonyl (C=O) groups is 1. The molecule has 6 heteroatoms. The fourth-order valence-corrected chi connectivity index (χ4v) is 2.42. The maximum absolute atomic E-state index is 13.3. The minimum Gasteiger partial charge on any atom is -0.490 e. The quantitative estimate of drug-likeness (QED) is 0.891. The van der Waals surface area contributed by atoms with Gasteiger partial charge in [-0.3, -0.25) is 0 Å². The molecule has 23 heavy (non-hydrogen) atoms. The molecule has 128 valence electrons. The molecule has 0 spiro atoms. The summed E-state index contributed by atoms with van der Waals surface area (Å²) >= 11 is 0. The molecule has 2 rings (SSSR count). The molecule has 1 aliphatic carbocycles. The van der Waals surface area contributed by atoms with Crippen molar-refractivity contribution in [3.05, 3.63) is 29.6 Å². The zero-order valence-corrected chi connectivity index (χ0v) is 14.1. The van der Waals surface area contributed by atoms with Crippen LogP contribution in [0.3, 0.4) is 0 Å². The number of nitrogens with two attached hydrogens (primary N) is 1. The van der Waals surface area contributed by atoms with E-state index in [1.54, 1.807) is 13.0 Å². The highest BCUT2D eigenvalue weighted by molar-refractivity contribution is 5.68. The van der Waals surface area contributed by atoms with Gasteiger partial charge < -0.3 is 20.5 Å². The molecule has 0 aromatic heterocycles. The van der Waals surface area contributed by atoms with Gasteiger partial charge in [0.05, 0.1) is 0 Å². The van der Waals surface area contributed by atoms with E-state index < -0.39 is 11.7 Å². The van der Waals surface area contributed by atoms with E-state index in [-0.39, 0.29) is 24.0 Å². The van der Waals surface area contributed by atoms with Crippen LogP contribution in [0.1, 0.15) is 52.1 Å². The number of benzene rings is 1. The van der Waals surface area contributed by atoms with Gasteiger partial charge in [0.25, 0.3) is 0 Å². The third-order valence-corrected chi connectivity index (χ3v) is 3.57. The third-order valence-electron chi connectivity index (χ3n) is 3.57. The van der Waals surface area contributed by atoms with Gasteiger partial charge in [0.1, 0.15) is 23.3 Å². The zero-order valence-electron chi connectivity index (χ0n) is 14.1. The standard InChI is InChI=1S/C17H25FN2O3/c1-10(19)14-7-11(18)5-6-15(14)22-13-8-12(9-13)20-16(21)23-17(2,3)4/h5-7,10,12-13H,8-9,19H2,1-4H3,(H,20,21)/t10-,12?,13?/m1/s1. The van der Waals surface area contributed by atoms with Gasteiger partial charge in [0, 0.05) is 30.5 Å². The molecule has 0 saturated heterocycles. The van der Waals surface area contributed by atoms with E-state index in [1.807, 2.05) is 20.8 Å². The lowest BCUT2D eigenvalue weighted by molar-refractivity contribution is 0.0360. The highest BCUT2D eigenvalue weighted by atomic mass is 19.1. The number of hydrogen-bond donors (Lipinski definition) is 2. The molecule has 0 bridgehead atoms. The lowest BCUT2D eigenvalue weighted by Crippen LogP contribution is -2.50. The van der Waals surface area contributed by atoms with Crippen molar-refractivity contribution in [1.29, 1.82) is 0 Å². The van der Waals surface area contributed by atoms with Crippen molar-refractivity contribution in [2.75, 3.05) is 0 Å². The van der Waals surface area contributed by atoms with Crippen LogP contribution in [0.25, 0.3) is 0 Å². The Morgan fingerprint density at radius 1 is 1.39 bits per heavy atom. The largest absolute Gasteiger partial charge is 0.490 e. The maximum Gasteiger partial charge on any atom is 0.407 e. The van der Waals surface area contributed by atoms with Crippen molar-refractivity contribution >= 4 is 6.09 Å². The lowest BCUT2D eigenvalue weighted by atomic mass is 9.89. The van der Waals surface area contributed by atoms with Gasteiger partial charge in [-0.15, -0.1) is 0 Å². The summed E-state index contributed by atoms with van der Waals surface area (Å²) in [7, 11) is 0. The molecular formula is C17H25FN2O3. The number of ether oxygens (including phenoxy) is 2. The normalized spacial score (nSPS) is 22.0. The Balaban J connectivity index is 1.84. The average Bonchev–Trinajstić information content (AvgIpc) is 2.35. The van der Waals surface area contributed by atoms with Crippen molar-refractivity contribution in [2.45, 2.75) is 64.3 Å². The zero-order chi connectivity index (χ0) is 17.2. The number of alkyl carbamates (subject to hydrolysis) is 1. The summed E-state index contributed by atoms with van der Waals surface area (Å²) < 4.78 is 24.4. The molecule has 1 amide bonds. The Morgan fingerprint density at radius 2 is 2.04 bits per heavy atom. The molecule has 1 atom stereocenters. The van der Waals surface area contributed by atoms with Crippen LogP contribution in [0.5, 0.6) is 5.75 Å². The predicted molar refractivity (Wildman–Crippen MR) is 85.8 cm³/mol. The van der Waals surface area contributed by atoms with E-state index in [0.717, 1.165) is 0 Å². The number of carbonyl (C=O) groups excluding carboxylic acids is 1. The minimum atomic E-state index is -0.510. The first kappa shape index (κ1) is 17.5. The van der Waals surface area contributed by atoms with E-state index in [0.29, 0.717) is 24.2 Å². The number of nitrogens with one attached hydrogen (secondary N) is 1. The highest BCUT2D eigenvalue weighted by Crippen LogP contribution is 2.31. The van der Waals surface area contributed by atoms with Gasteiger partial charge in [-0.05, 0) is 45.9 Å². The van der Waals surface area contributed by atoms with Crippen LogP contribution in [-0.2, 0) is 4.74 Å². The topological polar surface area (TPSA) is 73.6 Å². The third kappa shape index (κ3) is 5.10. The first-order valence-electron chi connectivity index (χ1n) is 7.85. The van der Waals surface area contributed by atoms with Gasteiger partial charge in [-0.25, -0.2) is 9.18 Å². The molecule has 1 saturated carbocycles. The first-order valence-corrected chi connectivity index (χ1v) is 7.85. The van der Waals surface area contributed by atoms with Crippen LogP contribution >= 0.6 is 0 Å². The Labute approximate surface area is 136 Å². The van der Waals surface area contributed by atoms with Crippen molar-refractivity contribution in [3.8, 4) is 5.75 Å². The molecule has 1 fully saturated rings. The van der Waals surface area contributed by atoms with Crippen LogP contribution < -0.4 is 15.8 Å². The molecule has 0 radical (unpaired) electrons. The first-order chi connectivity index (χ1) is 10.6. The minimum absolute atomic E-state index is 0.0158. The SMILES string of the molecule is C[C@@H](N)c1cc(F)ccc1OC1CC(NC(=O)OC(C)(C)C)C1. The van der Waals surface area contributed by atoms with Crippen molar-refractivity contribution in [2.24, 2.45) is 5.73 Å². The summed E-state index contributed by atoms with van der Waals surface area (Å²) in [6.07, 6.45) is 0.946. The van der Waals surface area contributed by atoms with E-state index in [2.05, 4.69) is 5.32 Å². The summed E-state index contributed by atoms with van der Waals surface area (Å²) in [4.78, 5) is 11.7. The fourth-order valence-electron chi connectivity index (χ4n) is 2.42. The van der Waals surface area contributed by atoms with Crippen LogP contribution in [0, 0.1) is 5.82 Å². The number of amides is 1. The molecule has 0 aliphatic heterocycles. The lowest BCUT2D eigenvalue weighted by Gasteiger charge is -2.36. The molecule has 1 aliphatic rings. The van der Waals surface area contributed by atoms with Crippen molar-refractivity contribution < 1.29 is 18.7 Å². The second-order valence-corrected chi connectivity index (χ2v) is 7.03. The van der Waals surface area contributed by atoms with Crippen LogP contribution in [0.2, 0.25) is 0 Å². The summed E-state index contributed by atoms with van der Waals surface area (Å²) in [5.41, 5.74) is 5.99. The smallest absolute Gasteiger partial charge is 0.407 e. The molecule has 1 aromatic rings. The van der Waals surface area contributed by atoms with Gasteiger partial charge in [0.15, 0.2) is 0 Å². The molecular weight excluding hydrogens is 299 g/mol. The Kier molecular flexibility index (Phi) is 5.14. The van der Waals surface area contributed by atoms with Crippen LogP contribution in [0.4, 0.5) is 9.18 Å². The number of halogens is 1. The average molecular weight is 324 g/mol. The maximum atomic E-state index is 13.3. The number of hydrogen-bond acceptors (Lipinski definition) is 4. The molecule has 0 unspecified atom stereocenters. The van der Waals surface area contributed by atoms with Crippen molar-refractivity contribution in [1.82, 2.24) is 5.32 Å². The Morgan fingerprint density at radius 3 is 2.61 bits per heavy atom. The fraction of sp³-hybridized carbons (Fsp3) is 0.588. The second kappa shape index (κ2) is 6.74. The molecule has 3 N–H and O–H groups in total. The van der Waals surface area contributed by atoms with E-state index in [4.69, 9.17) is 15.2 Å². The summed E-state index contributed by atoms with van der Waals surface area (Å²) in [6.45, 7) is 7.26. The van der Waals surface area contributed by atoms with Crippen LogP contribution in [-0.4, -0.2) is 23.8 Å². The van der Waals surface area contributed by atoms with Crippen LogP contribution in [0.15, 0.2) is 18.2 Å². The molecule has 1 aromatic carbocycles. The van der Waals surface area contributed by atoms with Gasteiger partial charge in [-0.1, -0.05) is 0 Å². The summed E-state index contributed by atoms with van der Waals surface area (Å²) in [6, 6.07) is 4.08. The Hall–Kier alpha value is -1.82.